The molecule has 4 N–H and O–H groups in total. The van der Waals surface area contributed by atoms with Crippen molar-refractivity contribution in [2.24, 2.45) is 5.73 Å². The highest BCUT2D eigenvalue weighted by Crippen LogP contribution is 2.39. The lowest BCUT2D eigenvalue weighted by molar-refractivity contribution is -0.118. The van der Waals surface area contributed by atoms with E-state index in [-0.39, 0.29) is 53.8 Å². The van der Waals surface area contributed by atoms with Crippen LogP contribution >= 0.6 is 17.0 Å². The lowest BCUT2D eigenvalue weighted by Gasteiger charge is -2.24. The number of nitrogens with one attached hydrogen (secondary N) is 1. The molecule has 8 heteroatoms. The van der Waals surface area contributed by atoms with Crippen molar-refractivity contribution in [2.75, 3.05) is 13.2 Å². The van der Waals surface area contributed by atoms with Gasteiger partial charge in [-0.2, -0.15) is 0 Å². The number of primary amides is 1. The number of fused-ring (bicyclic) bond motifs is 1. The molecule has 0 atom stereocenters. The lowest BCUT2D eigenvalue weighted by Crippen LogP contribution is -2.30. The summed E-state index contributed by atoms with van der Waals surface area (Å²) in [6.07, 6.45) is 0.601. The first-order valence-corrected chi connectivity index (χ1v) is 10.3. The molecular formula is C24H30BrN3O4. The Hall–Kier alpha value is -2.87. The number of halogens is 1. The number of ketones is 1. The third kappa shape index (κ3) is 5.68. The molecule has 172 valence electrons. The van der Waals surface area contributed by atoms with Crippen LogP contribution in [0.4, 0.5) is 0 Å². The van der Waals surface area contributed by atoms with Gasteiger partial charge in [0.25, 0.3) is 0 Å². The maximum atomic E-state index is 13.1. The number of carbonyl (C=O) groups is 2. The summed E-state index contributed by atoms with van der Waals surface area (Å²) < 4.78 is 5.69. The molecule has 0 spiro atoms. The topological polar surface area (TPSA) is 117 Å². The second-order valence-corrected chi connectivity index (χ2v) is 8.82. The number of nitrogens with two attached hydrogens (primary N) is 1. The number of benzene rings is 2. The molecule has 1 aliphatic rings. The van der Waals surface area contributed by atoms with E-state index in [0.717, 1.165) is 11.1 Å². The molecule has 2 aromatic rings. The van der Waals surface area contributed by atoms with Crippen LogP contribution in [0.25, 0.3) is 0 Å². The summed E-state index contributed by atoms with van der Waals surface area (Å²) in [5.74, 6) is -0.0441. The zero-order valence-electron chi connectivity index (χ0n) is 18.6. The summed E-state index contributed by atoms with van der Waals surface area (Å²) in [7, 11) is 0. The molecule has 0 aliphatic carbocycles. The van der Waals surface area contributed by atoms with Gasteiger partial charge in [-0.15, -0.1) is 17.0 Å². The predicted octanol–water partition coefficient (Wildman–Crippen LogP) is 3.94. The summed E-state index contributed by atoms with van der Waals surface area (Å²) >= 11 is 0. The third-order valence-electron chi connectivity index (χ3n) is 5.31. The molecule has 0 unspecified atom stereocenters. The van der Waals surface area contributed by atoms with Crippen LogP contribution in [0.3, 0.4) is 0 Å². The first-order chi connectivity index (χ1) is 14.6. The number of phenols is 1. The molecule has 0 saturated carbocycles. The Balaban J connectivity index is 0.00000363. The van der Waals surface area contributed by atoms with Crippen LogP contribution in [-0.4, -0.2) is 40.7 Å². The Labute approximate surface area is 198 Å². The Morgan fingerprint density at radius 3 is 2.53 bits per heavy atom. The first-order valence-electron chi connectivity index (χ1n) is 10.3. The van der Waals surface area contributed by atoms with Crippen molar-refractivity contribution in [3.63, 3.8) is 0 Å². The SMILES string of the molecule is Br.CC(C)(C)c1cc(C(=O)CN2Cc3ccccc3C2=N)cc(OCCCC(N)=O)c1O. The molecule has 0 radical (unpaired) electrons. The van der Waals surface area contributed by atoms with E-state index in [2.05, 4.69) is 0 Å². The lowest BCUT2D eigenvalue weighted by atomic mass is 9.84. The third-order valence-corrected chi connectivity index (χ3v) is 5.31. The minimum absolute atomic E-state index is 0. The molecular weight excluding hydrogens is 474 g/mol. The fourth-order valence-corrected chi connectivity index (χ4v) is 3.62. The molecule has 0 aromatic heterocycles. The van der Waals surface area contributed by atoms with Gasteiger partial charge in [0.15, 0.2) is 17.3 Å². The van der Waals surface area contributed by atoms with E-state index >= 15 is 0 Å². The quantitative estimate of drug-likeness (QED) is 0.372. The van der Waals surface area contributed by atoms with Gasteiger partial charge in [-0.3, -0.25) is 15.0 Å². The van der Waals surface area contributed by atoms with Crippen molar-refractivity contribution in [2.45, 2.75) is 45.6 Å². The van der Waals surface area contributed by atoms with E-state index in [0.29, 0.717) is 29.9 Å². The number of ether oxygens (including phenoxy) is 1. The number of carbonyl (C=O) groups excluding carboxylic acids is 2. The van der Waals surface area contributed by atoms with Gasteiger partial charge in [0, 0.05) is 29.7 Å². The summed E-state index contributed by atoms with van der Waals surface area (Å²) in [4.78, 5) is 25.8. The predicted molar refractivity (Wildman–Crippen MR) is 129 cm³/mol. The van der Waals surface area contributed by atoms with E-state index in [1.807, 2.05) is 45.0 Å². The van der Waals surface area contributed by atoms with E-state index < -0.39 is 11.3 Å². The smallest absolute Gasteiger partial charge is 0.217 e. The molecule has 7 nitrogen and oxygen atoms in total. The average molecular weight is 504 g/mol. The molecule has 1 heterocycles. The molecule has 1 amide bonds. The van der Waals surface area contributed by atoms with Crippen molar-refractivity contribution in [3.8, 4) is 11.5 Å². The standard InChI is InChI=1S/C24H29N3O4.BrH/c1-24(2,3)18-11-16(12-20(22(18)30)31-10-6-9-21(25)29)19(28)14-27-13-15-7-4-5-8-17(15)23(27)26;/h4-5,7-8,11-12,26,30H,6,9-10,13-14H2,1-3H3,(H2,25,29);1H. The van der Waals surface area contributed by atoms with Crippen molar-refractivity contribution < 1.29 is 19.4 Å². The van der Waals surface area contributed by atoms with Crippen LogP contribution in [0.5, 0.6) is 11.5 Å². The minimum atomic E-state index is -0.416. The van der Waals surface area contributed by atoms with Crippen LogP contribution in [0.2, 0.25) is 0 Å². The highest BCUT2D eigenvalue weighted by molar-refractivity contribution is 8.93. The van der Waals surface area contributed by atoms with E-state index in [1.54, 1.807) is 11.0 Å². The average Bonchev–Trinajstić information content (AvgIpc) is 3.01. The van der Waals surface area contributed by atoms with Crippen molar-refractivity contribution >= 4 is 34.5 Å². The number of hydrogen-bond acceptors (Lipinski definition) is 5. The fourth-order valence-electron chi connectivity index (χ4n) is 3.62. The molecule has 2 aromatic carbocycles. The fraction of sp³-hybridized carbons (Fsp3) is 0.375. The van der Waals surface area contributed by atoms with Gasteiger partial charge in [-0.25, -0.2) is 0 Å². The molecule has 3 rings (SSSR count). The summed E-state index contributed by atoms with van der Waals surface area (Å²) in [5, 5.41) is 19.1. The van der Waals surface area contributed by atoms with Gasteiger partial charge in [0.1, 0.15) is 5.84 Å². The number of Topliss-reactive ketones (excluding diaryl/α,β-unsaturated/α-hetero) is 1. The Kier molecular flexibility index (Phi) is 8.07. The Morgan fingerprint density at radius 1 is 1.22 bits per heavy atom. The summed E-state index contributed by atoms with van der Waals surface area (Å²) in [6, 6.07) is 10.9. The summed E-state index contributed by atoms with van der Waals surface area (Å²) in [6.45, 7) is 6.61. The van der Waals surface area contributed by atoms with Crippen molar-refractivity contribution in [1.29, 1.82) is 5.41 Å². The van der Waals surface area contributed by atoms with Crippen LogP contribution in [-0.2, 0) is 16.8 Å². The number of aromatic hydroxyl groups is 1. The summed E-state index contributed by atoms with van der Waals surface area (Å²) in [5.41, 5.74) is 7.63. The zero-order chi connectivity index (χ0) is 22.8. The normalized spacial score (nSPS) is 12.8. The van der Waals surface area contributed by atoms with Crippen LogP contribution in [0.15, 0.2) is 36.4 Å². The highest BCUT2D eigenvalue weighted by Gasteiger charge is 2.28. The number of hydrogen-bond donors (Lipinski definition) is 3. The second kappa shape index (κ2) is 10.2. The maximum Gasteiger partial charge on any atom is 0.217 e. The largest absolute Gasteiger partial charge is 0.504 e. The Morgan fingerprint density at radius 2 is 1.91 bits per heavy atom. The maximum absolute atomic E-state index is 13.1. The molecule has 32 heavy (non-hydrogen) atoms. The minimum Gasteiger partial charge on any atom is -0.504 e. The number of amides is 1. The molecule has 0 fully saturated rings. The number of phenolic OH excluding ortho intramolecular Hbond substituents is 1. The first kappa shape index (κ1) is 25.4. The van der Waals surface area contributed by atoms with Gasteiger partial charge >= 0.3 is 0 Å². The zero-order valence-corrected chi connectivity index (χ0v) is 20.3. The van der Waals surface area contributed by atoms with Gasteiger partial charge in [0.2, 0.25) is 5.91 Å². The molecule has 0 saturated heterocycles. The van der Waals surface area contributed by atoms with Crippen LogP contribution in [0.1, 0.15) is 60.7 Å². The van der Waals surface area contributed by atoms with E-state index in [1.165, 1.54) is 6.07 Å². The molecule has 0 bridgehead atoms. The van der Waals surface area contributed by atoms with Crippen molar-refractivity contribution in [1.82, 2.24) is 4.90 Å². The molecule has 1 aliphatic heterocycles. The number of nitrogens with zero attached hydrogens (tertiary/aromatic N) is 1. The highest BCUT2D eigenvalue weighted by atomic mass is 79.9. The monoisotopic (exact) mass is 503 g/mol. The Bertz CT molecular complexity index is 1030. The van der Waals surface area contributed by atoms with Gasteiger partial charge < -0.3 is 20.5 Å². The van der Waals surface area contributed by atoms with E-state index in [9.17, 15) is 14.7 Å². The van der Waals surface area contributed by atoms with Gasteiger partial charge in [-0.05, 0) is 29.5 Å². The van der Waals surface area contributed by atoms with Crippen molar-refractivity contribution in [3.05, 3.63) is 58.7 Å². The number of rotatable bonds is 8. The number of amidine groups is 1. The van der Waals surface area contributed by atoms with E-state index in [4.69, 9.17) is 15.9 Å². The van der Waals surface area contributed by atoms with Crippen LogP contribution < -0.4 is 10.5 Å². The van der Waals surface area contributed by atoms with Gasteiger partial charge in [0.05, 0.1) is 13.2 Å². The van der Waals surface area contributed by atoms with Crippen LogP contribution in [0, 0.1) is 5.41 Å². The second-order valence-electron chi connectivity index (χ2n) is 8.82. The van der Waals surface area contributed by atoms with Gasteiger partial charge in [-0.1, -0.05) is 45.0 Å².